The maximum absolute atomic E-state index is 13.2. The normalized spacial score (nSPS) is 26.4. The molecule has 1 fully saturated rings. The summed E-state index contributed by atoms with van der Waals surface area (Å²) in [6.07, 6.45) is 1.26. The number of halogens is 1. The molecule has 1 atom stereocenters. The van der Waals surface area contributed by atoms with Gasteiger partial charge in [0.2, 0.25) is 5.91 Å². The molecule has 0 N–H and O–H groups in total. The minimum Gasteiger partial charge on any atom is -0.295 e. The van der Waals surface area contributed by atoms with Crippen molar-refractivity contribution in [3.05, 3.63) is 65.7 Å². The molecule has 26 heavy (non-hydrogen) atoms. The first kappa shape index (κ1) is 11.7. The molecule has 1 amide bonds. The number of carbonyl (C=O) groups is 1. The number of rotatable bonds is 4. The average Bonchev–Trinajstić information content (AvgIpc) is 2.85. The largest absolute Gasteiger partial charge is 0.295 e. The lowest BCUT2D eigenvalue weighted by Gasteiger charge is -2.15. The lowest BCUT2D eigenvalue weighted by molar-refractivity contribution is -0.120. The third kappa shape index (κ3) is 3.41. The van der Waals surface area contributed by atoms with E-state index in [0.29, 0.717) is 16.2 Å². The standard InChI is InChI=1S/C19H16ClN5O/c20-17-3-1-13(12-22-17)11-15-7-10-25(19(15)26)18-4-2-16(23-24-18)14-5-8-21-9-6-14/h1-6,8-9,12,15H,7,10-11H2/i7D2,10D2,15D. The second-order valence-electron chi connectivity index (χ2n) is 5.53. The number of carbonyl (C=O) groups excluding carboxylic acids is 1. The van der Waals surface area contributed by atoms with Gasteiger partial charge in [-0.15, -0.1) is 10.2 Å². The van der Waals surface area contributed by atoms with Crippen LogP contribution in [0.25, 0.3) is 11.3 Å². The fraction of sp³-hybridized carbons (Fsp3) is 0.211. The summed E-state index contributed by atoms with van der Waals surface area (Å²) in [7, 11) is 0. The number of hydrogen-bond acceptors (Lipinski definition) is 5. The summed E-state index contributed by atoms with van der Waals surface area (Å²) in [5.41, 5.74) is 1.59. The first-order valence-electron chi connectivity index (χ1n) is 10.3. The molecule has 0 aromatic carbocycles. The van der Waals surface area contributed by atoms with Crippen molar-refractivity contribution in [3.63, 3.8) is 0 Å². The number of pyridine rings is 2. The van der Waals surface area contributed by atoms with E-state index in [4.69, 9.17) is 18.5 Å². The van der Waals surface area contributed by atoms with Crippen LogP contribution in [0, 0.1) is 5.89 Å². The van der Waals surface area contributed by atoms with E-state index in [0.717, 1.165) is 5.56 Å². The van der Waals surface area contributed by atoms with E-state index >= 15 is 0 Å². The van der Waals surface area contributed by atoms with Crippen LogP contribution < -0.4 is 4.90 Å². The first-order valence-corrected chi connectivity index (χ1v) is 8.15. The van der Waals surface area contributed by atoms with Crippen molar-refractivity contribution < 1.29 is 11.6 Å². The van der Waals surface area contributed by atoms with E-state index in [1.807, 2.05) is 0 Å². The number of hydrogen-bond donors (Lipinski definition) is 0. The van der Waals surface area contributed by atoms with Crippen LogP contribution in [-0.4, -0.2) is 32.6 Å². The summed E-state index contributed by atoms with van der Waals surface area (Å²) in [4.78, 5) is 21.6. The number of amides is 1. The minimum absolute atomic E-state index is 0.181. The number of aromatic nitrogens is 4. The number of nitrogens with zero attached hydrogens (tertiary/aromatic N) is 5. The van der Waals surface area contributed by atoms with E-state index in [2.05, 4.69) is 20.2 Å². The molecular formula is C19H16ClN5O. The number of anilines is 1. The minimum atomic E-state index is -2.86. The molecular weight excluding hydrogens is 350 g/mol. The van der Waals surface area contributed by atoms with Crippen molar-refractivity contribution in [2.45, 2.75) is 12.8 Å². The molecule has 3 aromatic heterocycles. The quantitative estimate of drug-likeness (QED) is 0.659. The van der Waals surface area contributed by atoms with Gasteiger partial charge in [-0.25, -0.2) is 4.98 Å². The smallest absolute Gasteiger partial charge is 0.231 e. The summed E-state index contributed by atoms with van der Waals surface area (Å²) in [6, 6.07) is 9.35. The Morgan fingerprint density at radius 3 is 2.73 bits per heavy atom. The average molecular weight is 371 g/mol. The predicted molar refractivity (Wildman–Crippen MR) is 98.7 cm³/mol. The summed E-state index contributed by atoms with van der Waals surface area (Å²) < 4.78 is 42.1. The Morgan fingerprint density at radius 1 is 1.19 bits per heavy atom. The molecule has 0 radical (unpaired) electrons. The second kappa shape index (κ2) is 7.17. The highest BCUT2D eigenvalue weighted by Gasteiger charge is 2.33. The molecule has 0 spiro atoms. The van der Waals surface area contributed by atoms with Crippen LogP contribution in [0.5, 0.6) is 0 Å². The van der Waals surface area contributed by atoms with Crippen molar-refractivity contribution >= 4 is 23.3 Å². The van der Waals surface area contributed by atoms with Gasteiger partial charge in [0.25, 0.3) is 0 Å². The highest BCUT2D eigenvalue weighted by Crippen LogP contribution is 2.27. The molecule has 7 heteroatoms. The van der Waals surface area contributed by atoms with Gasteiger partial charge in [-0.05, 0) is 48.7 Å². The van der Waals surface area contributed by atoms with E-state index in [9.17, 15) is 4.79 Å². The van der Waals surface area contributed by atoms with Crippen LogP contribution >= 0.6 is 11.6 Å². The van der Waals surface area contributed by atoms with Crippen LogP contribution in [0.15, 0.2) is 55.0 Å². The highest BCUT2D eigenvalue weighted by molar-refractivity contribution is 6.29. The molecule has 6 nitrogen and oxygen atoms in total. The lowest BCUT2D eigenvalue weighted by Crippen LogP contribution is -2.28. The molecule has 4 heterocycles. The second-order valence-corrected chi connectivity index (χ2v) is 5.92. The van der Waals surface area contributed by atoms with E-state index < -0.39 is 24.7 Å². The Hall–Kier alpha value is -2.86. The third-order valence-corrected chi connectivity index (χ3v) is 4.03. The summed E-state index contributed by atoms with van der Waals surface area (Å²) in [5, 5.41) is 8.20. The first-order chi connectivity index (χ1) is 14.6. The third-order valence-electron chi connectivity index (χ3n) is 3.81. The molecule has 0 bridgehead atoms. The van der Waals surface area contributed by atoms with Gasteiger partial charge in [0.1, 0.15) is 5.15 Å². The van der Waals surface area contributed by atoms with Gasteiger partial charge in [-0.2, -0.15) is 0 Å². The fourth-order valence-electron chi connectivity index (χ4n) is 2.48. The van der Waals surface area contributed by atoms with Gasteiger partial charge < -0.3 is 0 Å². The topological polar surface area (TPSA) is 71.9 Å². The van der Waals surface area contributed by atoms with Crippen LogP contribution in [-0.2, 0) is 11.2 Å². The van der Waals surface area contributed by atoms with Crippen molar-refractivity contribution in [2.24, 2.45) is 5.89 Å². The molecule has 1 aliphatic heterocycles. The van der Waals surface area contributed by atoms with Gasteiger partial charge in [0, 0.05) is 43.4 Å². The van der Waals surface area contributed by atoms with Crippen molar-refractivity contribution in [2.75, 3.05) is 11.4 Å². The zero-order valence-electron chi connectivity index (χ0n) is 18.4. The molecule has 1 saturated heterocycles. The Morgan fingerprint density at radius 2 is 2.04 bits per heavy atom. The van der Waals surface area contributed by atoms with Gasteiger partial charge in [-0.3, -0.25) is 14.7 Å². The van der Waals surface area contributed by atoms with Gasteiger partial charge in [0.05, 0.1) is 5.69 Å². The Labute approximate surface area is 162 Å². The maximum atomic E-state index is 13.2. The summed E-state index contributed by atoms with van der Waals surface area (Å²) in [6.45, 7) is -2.83. The molecule has 1 aliphatic rings. The predicted octanol–water partition coefficient (Wildman–Crippen LogP) is 3.18. The Bertz CT molecular complexity index is 1110. The molecule has 0 saturated carbocycles. The zero-order chi connectivity index (χ0) is 22.4. The monoisotopic (exact) mass is 370 g/mol. The van der Waals surface area contributed by atoms with Crippen molar-refractivity contribution in [1.82, 2.24) is 20.2 Å². The van der Waals surface area contributed by atoms with E-state index in [1.54, 1.807) is 30.6 Å². The van der Waals surface area contributed by atoms with E-state index in [1.165, 1.54) is 24.4 Å². The van der Waals surface area contributed by atoms with Crippen LogP contribution in [0.3, 0.4) is 0 Å². The highest BCUT2D eigenvalue weighted by atomic mass is 35.5. The summed E-state index contributed by atoms with van der Waals surface area (Å²) in [5.74, 6) is -3.68. The van der Waals surface area contributed by atoms with Crippen LogP contribution in [0.4, 0.5) is 5.82 Å². The van der Waals surface area contributed by atoms with Crippen LogP contribution in [0.1, 0.15) is 18.8 Å². The van der Waals surface area contributed by atoms with Crippen molar-refractivity contribution in [1.29, 1.82) is 0 Å². The van der Waals surface area contributed by atoms with Crippen molar-refractivity contribution in [3.8, 4) is 11.3 Å². The van der Waals surface area contributed by atoms with Gasteiger partial charge >= 0.3 is 0 Å². The van der Waals surface area contributed by atoms with E-state index in [-0.39, 0.29) is 17.4 Å². The zero-order valence-corrected chi connectivity index (χ0v) is 14.2. The summed E-state index contributed by atoms with van der Waals surface area (Å²) >= 11 is 5.77. The Kier molecular flexibility index (Phi) is 3.23. The molecule has 0 aliphatic carbocycles. The lowest BCUT2D eigenvalue weighted by atomic mass is 9.99. The molecule has 3 aromatic rings. The molecule has 4 rings (SSSR count). The van der Waals surface area contributed by atoms with Crippen LogP contribution in [0.2, 0.25) is 5.15 Å². The SMILES string of the molecule is [2H]C1(Cc2ccc(Cl)nc2)C(=O)N(c2ccc(-c3ccncc3)nn2)C([2H])([2H])C1([2H])[2H]. The van der Waals surface area contributed by atoms with Gasteiger partial charge in [-0.1, -0.05) is 17.7 Å². The molecule has 130 valence electrons. The molecule has 1 unspecified atom stereocenters. The fourth-order valence-corrected chi connectivity index (χ4v) is 2.59. The Balaban J connectivity index is 1.71. The van der Waals surface area contributed by atoms with Gasteiger partial charge in [0.15, 0.2) is 5.82 Å². The maximum Gasteiger partial charge on any atom is 0.231 e.